The topological polar surface area (TPSA) is 39.2 Å². The van der Waals surface area contributed by atoms with Gasteiger partial charge in [0, 0.05) is 6.20 Å². The molecule has 0 aliphatic heterocycles. The van der Waals surface area contributed by atoms with Gasteiger partial charge in [-0.3, -0.25) is 4.98 Å². The van der Waals surface area contributed by atoms with E-state index in [0.717, 1.165) is 7.11 Å². The molecule has 0 unspecified atom stereocenters. The lowest BCUT2D eigenvalue weighted by Crippen LogP contribution is -2.15. The van der Waals surface area contributed by atoms with Crippen LogP contribution in [-0.4, -0.2) is 18.1 Å². The maximum Gasteiger partial charge on any atom is 0.434 e. The lowest BCUT2D eigenvalue weighted by atomic mass is 10.1. The molecule has 18 heavy (non-hydrogen) atoms. The van der Waals surface area contributed by atoms with Crippen LogP contribution in [-0.2, 0) is 10.9 Å². The zero-order valence-corrected chi connectivity index (χ0v) is 10.3. The highest BCUT2D eigenvalue weighted by molar-refractivity contribution is 9.10. The number of esters is 1. The second kappa shape index (κ2) is 5.17. The van der Waals surface area contributed by atoms with Crippen LogP contribution in [0.5, 0.6) is 0 Å². The number of ether oxygens (including phenoxy) is 1. The quantitative estimate of drug-likeness (QED) is 0.613. The molecule has 1 aromatic rings. The van der Waals surface area contributed by atoms with Gasteiger partial charge in [0.1, 0.15) is 0 Å². The van der Waals surface area contributed by atoms with Crippen molar-refractivity contribution in [2.75, 3.05) is 7.11 Å². The number of rotatable bonds is 2. The van der Waals surface area contributed by atoms with Crippen LogP contribution in [0.15, 0.2) is 10.7 Å². The smallest absolute Gasteiger partial charge is 0.434 e. The van der Waals surface area contributed by atoms with Gasteiger partial charge in [-0.15, -0.1) is 0 Å². The molecule has 1 heterocycles. The number of carbonyl (C=O) groups excluding carboxylic acids is 1. The van der Waals surface area contributed by atoms with Gasteiger partial charge in [0.2, 0.25) is 0 Å². The Balaban J connectivity index is 3.55. The lowest BCUT2D eigenvalue weighted by molar-refractivity contribution is -0.141. The first-order valence-electron chi connectivity index (χ1n) is 4.32. The Morgan fingerprint density at radius 1 is 1.44 bits per heavy atom. The summed E-state index contributed by atoms with van der Waals surface area (Å²) in [6.07, 6.45) is -7.71. The van der Waals surface area contributed by atoms with Gasteiger partial charge in [-0.1, -0.05) is 0 Å². The average Bonchev–Trinajstić information content (AvgIpc) is 2.25. The van der Waals surface area contributed by atoms with Crippen molar-refractivity contribution >= 4 is 21.9 Å². The fraction of sp³-hybridized carbons (Fsp3) is 0.333. The fourth-order valence-corrected chi connectivity index (χ4v) is 1.89. The third-order valence-electron chi connectivity index (χ3n) is 1.94. The molecule has 0 amide bonds. The van der Waals surface area contributed by atoms with Gasteiger partial charge in [-0.05, 0) is 15.9 Å². The molecule has 9 heteroatoms. The first-order valence-corrected chi connectivity index (χ1v) is 5.11. The molecule has 0 aliphatic rings. The SMILES string of the molecule is COC(=O)c1c(C(F)F)cnc(C(F)(F)F)c1Br. The molecule has 0 fully saturated rings. The van der Waals surface area contributed by atoms with Crippen LogP contribution in [0, 0.1) is 0 Å². The molecule has 0 saturated heterocycles. The van der Waals surface area contributed by atoms with Crippen molar-refractivity contribution < 1.29 is 31.5 Å². The normalized spacial score (nSPS) is 11.8. The molecular weight excluding hydrogens is 329 g/mol. The van der Waals surface area contributed by atoms with Gasteiger partial charge in [0.05, 0.1) is 22.7 Å². The van der Waals surface area contributed by atoms with E-state index in [9.17, 15) is 26.7 Å². The molecule has 3 nitrogen and oxygen atoms in total. The third kappa shape index (κ3) is 2.77. The third-order valence-corrected chi connectivity index (χ3v) is 2.71. The van der Waals surface area contributed by atoms with E-state index in [1.165, 1.54) is 0 Å². The Bertz CT molecular complexity index is 475. The van der Waals surface area contributed by atoms with Gasteiger partial charge in [0.15, 0.2) is 5.69 Å². The largest absolute Gasteiger partial charge is 0.465 e. The summed E-state index contributed by atoms with van der Waals surface area (Å²) in [5.41, 5.74) is -3.27. The molecule has 0 radical (unpaired) electrons. The minimum atomic E-state index is -4.87. The van der Waals surface area contributed by atoms with Crippen molar-refractivity contribution in [3.05, 3.63) is 27.5 Å². The number of hydrogen-bond donors (Lipinski definition) is 0. The van der Waals surface area contributed by atoms with E-state index in [-0.39, 0.29) is 0 Å². The van der Waals surface area contributed by atoms with Crippen molar-refractivity contribution in [2.24, 2.45) is 0 Å². The maximum atomic E-state index is 12.6. The molecule has 0 saturated carbocycles. The maximum absolute atomic E-state index is 12.6. The lowest BCUT2D eigenvalue weighted by Gasteiger charge is -2.13. The minimum absolute atomic E-state index is 0.310. The van der Waals surface area contributed by atoms with Gasteiger partial charge < -0.3 is 4.74 Å². The standard InChI is InChI=1S/C9H5BrF5NO2/c1-18-8(17)4-3(7(11)12)2-16-6(5(4)10)9(13,14)15/h2,7H,1H3. The van der Waals surface area contributed by atoms with E-state index < -0.39 is 39.9 Å². The van der Waals surface area contributed by atoms with Gasteiger partial charge in [-0.2, -0.15) is 13.2 Å². The van der Waals surface area contributed by atoms with Gasteiger partial charge >= 0.3 is 12.1 Å². The van der Waals surface area contributed by atoms with E-state index in [1.54, 1.807) is 0 Å². The highest BCUT2D eigenvalue weighted by atomic mass is 79.9. The number of halogens is 6. The fourth-order valence-electron chi connectivity index (χ4n) is 1.17. The van der Waals surface area contributed by atoms with E-state index in [4.69, 9.17) is 0 Å². The summed E-state index contributed by atoms with van der Waals surface area (Å²) in [5.74, 6) is -1.30. The van der Waals surface area contributed by atoms with Crippen molar-refractivity contribution in [1.29, 1.82) is 0 Å². The molecule has 1 aromatic heterocycles. The molecule has 0 aliphatic carbocycles. The van der Waals surface area contributed by atoms with E-state index in [0.29, 0.717) is 6.20 Å². The number of nitrogens with zero attached hydrogens (tertiary/aromatic N) is 1. The molecule has 0 aromatic carbocycles. The van der Waals surface area contributed by atoms with Crippen molar-refractivity contribution in [3.63, 3.8) is 0 Å². The molecule has 1 rings (SSSR count). The number of carbonyl (C=O) groups is 1. The number of hydrogen-bond acceptors (Lipinski definition) is 3. The summed E-state index contributed by atoms with van der Waals surface area (Å²) in [5, 5.41) is 0. The highest BCUT2D eigenvalue weighted by Crippen LogP contribution is 2.38. The van der Waals surface area contributed by atoms with Crippen molar-refractivity contribution in [1.82, 2.24) is 4.98 Å². The van der Waals surface area contributed by atoms with Crippen LogP contribution in [0.2, 0.25) is 0 Å². The first kappa shape index (κ1) is 14.8. The summed E-state index contributed by atoms with van der Waals surface area (Å²) in [6.45, 7) is 0. The van der Waals surface area contributed by atoms with Crippen LogP contribution in [0.4, 0.5) is 22.0 Å². The summed E-state index contributed by atoms with van der Waals surface area (Å²) in [7, 11) is 0.873. The minimum Gasteiger partial charge on any atom is -0.465 e. The second-order valence-electron chi connectivity index (χ2n) is 3.04. The predicted molar refractivity (Wildman–Crippen MR) is 53.2 cm³/mol. The summed E-state index contributed by atoms with van der Waals surface area (Å²) < 4.78 is 66.0. The number of alkyl halides is 5. The number of methoxy groups -OCH3 is 1. The zero-order valence-electron chi connectivity index (χ0n) is 8.69. The van der Waals surface area contributed by atoms with E-state index in [2.05, 4.69) is 25.7 Å². The van der Waals surface area contributed by atoms with Crippen molar-refractivity contribution in [2.45, 2.75) is 12.6 Å². The van der Waals surface area contributed by atoms with Crippen LogP contribution >= 0.6 is 15.9 Å². The van der Waals surface area contributed by atoms with Crippen LogP contribution in [0.3, 0.4) is 0 Å². The molecular formula is C9H5BrF5NO2. The Morgan fingerprint density at radius 3 is 2.39 bits per heavy atom. The van der Waals surface area contributed by atoms with Crippen LogP contribution in [0.25, 0.3) is 0 Å². The van der Waals surface area contributed by atoms with Gasteiger partial charge in [0.25, 0.3) is 6.43 Å². The first-order chi connectivity index (χ1) is 8.20. The Labute approximate surface area is 106 Å². The van der Waals surface area contributed by atoms with Crippen molar-refractivity contribution in [3.8, 4) is 0 Å². The Kier molecular flexibility index (Phi) is 4.25. The monoisotopic (exact) mass is 333 g/mol. The summed E-state index contributed by atoms with van der Waals surface area (Å²) >= 11 is 2.46. The summed E-state index contributed by atoms with van der Waals surface area (Å²) in [6, 6.07) is 0. The Morgan fingerprint density at radius 2 is 2.00 bits per heavy atom. The predicted octanol–water partition coefficient (Wildman–Crippen LogP) is 3.59. The average molecular weight is 334 g/mol. The molecule has 0 bridgehead atoms. The molecule has 0 N–H and O–H groups in total. The molecule has 0 atom stereocenters. The number of aromatic nitrogens is 1. The van der Waals surface area contributed by atoms with E-state index >= 15 is 0 Å². The molecule has 0 spiro atoms. The zero-order chi connectivity index (χ0) is 14.1. The summed E-state index contributed by atoms with van der Waals surface area (Å²) in [4.78, 5) is 14.1. The highest BCUT2D eigenvalue weighted by Gasteiger charge is 2.38. The van der Waals surface area contributed by atoms with E-state index in [1.807, 2.05) is 0 Å². The molecule has 100 valence electrons. The van der Waals surface area contributed by atoms with Gasteiger partial charge in [-0.25, -0.2) is 13.6 Å². The number of pyridine rings is 1. The van der Waals surface area contributed by atoms with Crippen LogP contribution < -0.4 is 0 Å². The van der Waals surface area contributed by atoms with Crippen LogP contribution in [0.1, 0.15) is 28.0 Å². The second-order valence-corrected chi connectivity index (χ2v) is 3.83. The Hall–Kier alpha value is -1.25.